The number of hydrogen-bond acceptors (Lipinski definition) is 5. The number of carbonyl (C=O) groups excluding carboxylic acids is 2. The first-order valence-corrected chi connectivity index (χ1v) is 11.0. The first-order chi connectivity index (χ1) is 15.8. The van der Waals surface area contributed by atoms with Crippen molar-refractivity contribution < 1.29 is 23.8 Å². The van der Waals surface area contributed by atoms with Crippen LogP contribution in [-0.2, 0) is 16.1 Å². The number of benzene rings is 2. The molecule has 1 saturated heterocycles. The van der Waals surface area contributed by atoms with Crippen LogP contribution in [0, 0.1) is 12.8 Å². The highest BCUT2D eigenvalue weighted by molar-refractivity contribution is 6.46. The van der Waals surface area contributed by atoms with E-state index in [0.717, 1.165) is 11.1 Å². The van der Waals surface area contributed by atoms with Crippen LogP contribution >= 0.6 is 0 Å². The van der Waals surface area contributed by atoms with Crippen molar-refractivity contribution in [2.75, 3.05) is 6.61 Å². The van der Waals surface area contributed by atoms with Crippen LogP contribution < -0.4 is 4.74 Å². The van der Waals surface area contributed by atoms with Gasteiger partial charge in [0, 0.05) is 5.56 Å². The maximum atomic E-state index is 13.2. The van der Waals surface area contributed by atoms with E-state index in [1.54, 1.807) is 36.4 Å². The number of hydrogen-bond donors (Lipinski definition) is 1. The van der Waals surface area contributed by atoms with Crippen LogP contribution in [0.15, 0.2) is 76.9 Å². The van der Waals surface area contributed by atoms with Gasteiger partial charge in [-0.3, -0.25) is 9.59 Å². The van der Waals surface area contributed by atoms with Gasteiger partial charge in [0.05, 0.1) is 31.0 Å². The minimum absolute atomic E-state index is 0.0539. The van der Waals surface area contributed by atoms with Crippen molar-refractivity contribution in [3.8, 4) is 5.75 Å². The van der Waals surface area contributed by atoms with Crippen molar-refractivity contribution >= 4 is 17.4 Å². The highest BCUT2D eigenvalue weighted by atomic mass is 16.5. The SMILES string of the molecule is Cc1cccc(C2/C(=C(/O)c3cccc(OCC(C)C)c3)C(=O)C(=O)N2Cc2ccco2)c1. The van der Waals surface area contributed by atoms with Crippen molar-refractivity contribution in [2.45, 2.75) is 33.4 Å². The Bertz CT molecular complexity index is 1190. The quantitative estimate of drug-likeness (QED) is 0.305. The van der Waals surface area contributed by atoms with Gasteiger partial charge in [0.1, 0.15) is 17.3 Å². The number of aliphatic hydroxyl groups excluding tert-OH is 1. The number of ether oxygens (including phenoxy) is 1. The van der Waals surface area contributed by atoms with E-state index in [-0.39, 0.29) is 17.9 Å². The second-order valence-corrected chi connectivity index (χ2v) is 8.65. The molecule has 0 bridgehead atoms. The molecule has 33 heavy (non-hydrogen) atoms. The summed E-state index contributed by atoms with van der Waals surface area (Å²) >= 11 is 0. The van der Waals surface area contributed by atoms with E-state index in [1.165, 1.54) is 11.2 Å². The molecular weight excluding hydrogens is 418 g/mol. The van der Waals surface area contributed by atoms with Gasteiger partial charge in [0.25, 0.3) is 11.7 Å². The van der Waals surface area contributed by atoms with Gasteiger partial charge >= 0.3 is 0 Å². The maximum absolute atomic E-state index is 13.2. The molecule has 6 heteroatoms. The van der Waals surface area contributed by atoms with Gasteiger partial charge in [-0.2, -0.15) is 0 Å². The lowest BCUT2D eigenvalue weighted by Gasteiger charge is -2.24. The second-order valence-electron chi connectivity index (χ2n) is 8.65. The Labute approximate surface area is 193 Å². The largest absolute Gasteiger partial charge is 0.507 e. The van der Waals surface area contributed by atoms with Gasteiger partial charge in [0.2, 0.25) is 0 Å². The van der Waals surface area contributed by atoms with Crippen molar-refractivity contribution in [1.82, 2.24) is 4.90 Å². The molecule has 0 aliphatic carbocycles. The number of aryl methyl sites for hydroxylation is 1. The fraction of sp³-hybridized carbons (Fsp3) is 0.259. The van der Waals surface area contributed by atoms with E-state index in [9.17, 15) is 14.7 Å². The van der Waals surface area contributed by atoms with Gasteiger partial charge in [-0.15, -0.1) is 0 Å². The average Bonchev–Trinajstić information content (AvgIpc) is 3.40. The minimum atomic E-state index is -0.741. The molecule has 1 aliphatic rings. The standard InChI is InChI=1S/C27H27NO5/c1-17(2)16-33-21-10-5-9-20(14-21)25(29)23-24(19-8-4-7-18(3)13-19)28(27(31)26(23)30)15-22-11-6-12-32-22/h4-14,17,24,29H,15-16H2,1-3H3/b25-23-. The van der Waals surface area contributed by atoms with E-state index >= 15 is 0 Å². The number of rotatable bonds is 7. The molecule has 4 rings (SSSR count). The zero-order valence-corrected chi connectivity index (χ0v) is 18.9. The highest BCUT2D eigenvalue weighted by Crippen LogP contribution is 2.40. The third-order valence-corrected chi connectivity index (χ3v) is 5.49. The fourth-order valence-corrected chi connectivity index (χ4v) is 3.95. The van der Waals surface area contributed by atoms with Crippen LogP contribution in [0.25, 0.3) is 5.76 Å². The van der Waals surface area contributed by atoms with Crippen molar-refractivity contribution in [1.29, 1.82) is 0 Å². The zero-order valence-electron chi connectivity index (χ0n) is 18.9. The first-order valence-electron chi connectivity index (χ1n) is 11.0. The lowest BCUT2D eigenvalue weighted by atomic mass is 9.94. The molecule has 1 N–H and O–H groups in total. The number of Topliss-reactive ketones (excluding diaryl/α,β-unsaturated/α-hetero) is 1. The Hall–Kier alpha value is -3.80. The zero-order chi connectivity index (χ0) is 23.5. The lowest BCUT2D eigenvalue weighted by molar-refractivity contribution is -0.140. The van der Waals surface area contributed by atoms with Crippen LogP contribution in [0.3, 0.4) is 0 Å². The molecule has 0 spiro atoms. The Kier molecular flexibility index (Phi) is 6.36. The Balaban J connectivity index is 1.80. The Morgan fingerprint density at radius 2 is 1.88 bits per heavy atom. The summed E-state index contributed by atoms with van der Waals surface area (Å²) in [5.41, 5.74) is 2.21. The van der Waals surface area contributed by atoms with Gasteiger partial charge in [-0.25, -0.2) is 0 Å². The van der Waals surface area contributed by atoms with Crippen LogP contribution in [0.4, 0.5) is 0 Å². The summed E-state index contributed by atoms with van der Waals surface area (Å²) in [5, 5.41) is 11.3. The Morgan fingerprint density at radius 3 is 2.58 bits per heavy atom. The molecule has 1 fully saturated rings. The van der Waals surface area contributed by atoms with Crippen LogP contribution in [0.2, 0.25) is 0 Å². The first kappa shape index (κ1) is 22.4. The molecule has 0 radical (unpaired) electrons. The highest BCUT2D eigenvalue weighted by Gasteiger charge is 2.46. The molecule has 1 aliphatic heterocycles. The molecule has 1 unspecified atom stereocenters. The number of nitrogens with zero attached hydrogens (tertiary/aromatic N) is 1. The van der Waals surface area contributed by atoms with Crippen LogP contribution in [-0.4, -0.2) is 28.3 Å². The average molecular weight is 446 g/mol. The number of likely N-dealkylation sites (tertiary alicyclic amines) is 1. The Morgan fingerprint density at radius 1 is 1.09 bits per heavy atom. The smallest absolute Gasteiger partial charge is 0.296 e. The molecule has 0 saturated carbocycles. The topological polar surface area (TPSA) is 80.0 Å². The third-order valence-electron chi connectivity index (χ3n) is 5.49. The van der Waals surface area contributed by atoms with Gasteiger partial charge < -0.3 is 19.2 Å². The summed E-state index contributed by atoms with van der Waals surface area (Å²) in [6.45, 7) is 6.68. The molecule has 3 aromatic rings. The summed E-state index contributed by atoms with van der Waals surface area (Å²) in [4.78, 5) is 27.7. The number of aliphatic hydroxyl groups is 1. The second kappa shape index (κ2) is 9.36. The van der Waals surface area contributed by atoms with Gasteiger partial charge in [-0.05, 0) is 42.7 Å². The number of ketones is 1. The molecular formula is C27H27NO5. The van der Waals surface area contributed by atoms with Crippen molar-refractivity contribution in [2.24, 2.45) is 5.92 Å². The van der Waals surface area contributed by atoms with Gasteiger partial charge in [-0.1, -0.05) is 55.8 Å². The van der Waals surface area contributed by atoms with Gasteiger partial charge in [0.15, 0.2) is 0 Å². The summed E-state index contributed by atoms with van der Waals surface area (Å²) < 4.78 is 11.2. The molecule has 1 aromatic heterocycles. The number of amides is 1. The van der Waals surface area contributed by atoms with Crippen LogP contribution in [0.5, 0.6) is 5.75 Å². The molecule has 2 heterocycles. The van der Waals surface area contributed by atoms with E-state index in [1.807, 2.05) is 45.0 Å². The number of furan rings is 1. The molecule has 1 amide bonds. The maximum Gasteiger partial charge on any atom is 0.296 e. The minimum Gasteiger partial charge on any atom is -0.507 e. The molecule has 6 nitrogen and oxygen atoms in total. The fourth-order valence-electron chi connectivity index (χ4n) is 3.95. The predicted octanol–water partition coefficient (Wildman–Crippen LogP) is 5.24. The predicted molar refractivity (Wildman–Crippen MR) is 125 cm³/mol. The summed E-state index contributed by atoms with van der Waals surface area (Å²) in [6.07, 6.45) is 1.52. The van der Waals surface area contributed by atoms with Crippen molar-refractivity contribution in [3.05, 3.63) is 95.0 Å². The summed E-state index contributed by atoms with van der Waals surface area (Å²) in [7, 11) is 0. The molecule has 1 atom stereocenters. The van der Waals surface area contributed by atoms with E-state index in [4.69, 9.17) is 9.15 Å². The van der Waals surface area contributed by atoms with E-state index < -0.39 is 17.7 Å². The normalized spacial score (nSPS) is 17.7. The summed E-state index contributed by atoms with van der Waals surface area (Å²) in [6, 6.07) is 17.3. The summed E-state index contributed by atoms with van der Waals surface area (Å²) in [5.74, 6) is -0.138. The monoisotopic (exact) mass is 445 g/mol. The third kappa shape index (κ3) is 4.70. The molecule has 170 valence electrons. The van der Waals surface area contributed by atoms with E-state index in [2.05, 4.69) is 0 Å². The number of carbonyl (C=O) groups is 2. The van der Waals surface area contributed by atoms with E-state index in [0.29, 0.717) is 29.6 Å². The van der Waals surface area contributed by atoms with Crippen molar-refractivity contribution in [3.63, 3.8) is 0 Å². The molecule has 2 aromatic carbocycles. The van der Waals surface area contributed by atoms with Crippen LogP contribution in [0.1, 0.15) is 42.3 Å². The lowest BCUT2D eigenvalue weighted by Crippen LogP contribution is -2.29.